The summed E-state index contributed by atoms with van der Waals surface area (Å²) in [5.74, 6) is 1.41. The topological polar surface area (TPSA) is 55.8 Å². The number of hydrogen-bond donors (Lipinski definition) is 1. The molecule has 1 N–H and O–H groups in total. The van der Waals surface area contributed by atoms with Crippen LogP contribution < -0.4 is 9.47 Å². The Morgan fingerprint density at radius 3 is 2.05 bits per heavy atom. The van der Waals surface area contributed by atoms with Gasteiger partial charge in [0, 0.05) is 0 Å². The van der Waals surface area contributed by atoms with Gasteiger partial charge in [0.05, 0.1) is 13.5 Å². The number of carboxylic acid groups (broad SMARTS) is 1. The Hall–Kier alpha value is -2.49. The highest BCUT2D eigenvalue weighted by molar-refractivity contribution is 5.70. The lowest BCUT2D eigenvalue weighted by atomic mass is 10.0. The zero-order chi connectivity index (χ0) is 15.4. The average Bonchev–Trinajstić information content (AvgIpc) is 2.43. The molecule has 2 aromatic carbocycles. The maximum absolute atomic E-state index is 10.8. The van der Waals surface area contributed by atoms with Crippen LogP contribution in [0.4, 0.5) is 0 Å². The van der Waals surface area contributed by atoms with E-state index in [4.69, 9.17) is 14.6 Å². The Morgan fingerprint density at radius 1 is 1.05 bits per heavy atom. The molecule has 110 valence electrons. The molecular formula is C17H18O4. The van der Waals surface area contributed by atoms with E-state index in [1.807, 2.05) is 50.2 Å². The lowest BCUT2D eigenvalue weighted by Crippen LogP contribution is -2.02. The van der Waals surface area contributed by atoms with E-state index in [9.17, 15) is 4.79 Å². The first-order valence-electron chi connectivity index (χ1n) is 6.63. The lowest BCUT2D eigenvalue weighted by molar-refractivity contribution is -0.136. The van der Waals surface area contributed by atoms with E-state index < -0.39 is 5.97 Å². The number of rotatable bonds is 5. The van der Waals surface area contributed by atoms with Gasteiger partial charge in [-0.25, -0.2) is 0 Å². The largest absolute Gasteiger partial charge is 0.497 e. The Balaban J connectivity index is 2.24. The molecule has 0 aliphatic heterocycles. The molecule has 0 spiro atoms. The van der Waals surface area contributed by atoms with Crippen molar-refractivity contribution >= 4 is 5.97 Å². The SMILES string of the molecule is COc1ccc(Oc2c(C)cc(CC(=O)O)cc2C)cc1. The van der Waals surface area contributed by atoms with Crippen LogP contribution in [0.3, 0.4) is 0 Å². The van der Waals surface area contributed by atoms with E-state index in [1.165, 1.54) is 0 Å². The molecule has 0 aliphatic carbocycles. The Morgan fingerprint density at radius 2 is 1.57 bits per heavy atom. The van der Waals surface area contributed by atoms with Crippen LogP contribution in [0.1, 0.15) is 16.7 Å². The van der Waals surface area contributed by atoms with E-state index >= 15 is 0 Å². The molecule has 4 heteroatoms. The zero-order valence-electron chi connectivity index (χ0n) is 12.3. The lowest BCUT2D eigenvalue weighted by Gasteiger charge is -2.13. The molecular weight excluding hydrogens is 268 g/mol. The van der Waals surface area contributed by atoms with Gasteiger partial charge in [0.2, 0.25) is 0 Å². The van der Waals surface area contributed by atoms with E-state index in [0.717, 1.165) is 28.2 Å². The van der Waals surface area contributed by atoms with Gasteiger partial charge in [0.15, 0.2) is 0 Å². The van der Waals surface area contributed by atoms with Gasteiger partial charge in [-0.1, -0.05) is 12.1 Å². The normalized spacial score (nSPS) is 10.2. The molecule has 0 fully saturated rings. The van der Waals surface area contributed by atoms with Crippen LogP contribution in [0, 0.1) is 13.8 Å². The minimum Gasteiger partial charge on any atom is -0.497 e. The quantitative estimate of drug-likeness (QED) is 0.910. The molecule has 0 radical (unpaired) electrons. The highest BCUT2D eigenvalue weighted by Crippen LogP contribution is 2.30. The Bertz CT molecular complexity index is 621. The second-order valence-corrected chi connectivity index (χ2v) is 4.91. The van der Waals surface area contributed by atoms with E-state index in [-0.39, 0.29) is 6.42 Å². The summed E-state index contributed by atoms with van der Waals surface area (Å²) in [5, 5.41) is 8.86. The van der Waals surface area contributed by atoms with Crippen LogP contribution in [0.5, 0.6) is 17.2 Å². The van der Waals surface area contributed by atoms with Crippen LogP contribution in [-0.2, 0) is 11.2 Å². The summed E-state index contributed by atoms with van der Waals surface area (Å²) in [4.78, 5) is 10.8. The van der Waals surface area contributed by atoms with Crippen molar-refractivity contribution in [3.63, 3.8) is 0 Å². The van der Waals surface area contributed by atoms with Gasteiger partial charge in [0.1, 0.15) is 17.2 Å². The maximum Gasteiger partial charge on any atom is 0.307 e. The van der Waals surface area contributed by atoms with Crippen molar-refractivity contribution in [3.8, 4) is 17.2 Å². The number of aliphatic carboxylic acids is 1. The number of aryl methyl sites for hydroxylation is 2. The third-order valence-electron chi connectivity index (χ3n) is 3.15. The molecule has 2 aromatic rings. The first kappa shape index (κ1) is 14.9. The molecule has 0 saturated heterocycles. The molecule has 0 aliphatic rings. The molecule has 2 rings (SSSR count). The fraction of sp³-hybridized carbons (Fsp3) is 0.235. The fourth-order valence-electron chi connectivity index (χ4n) is 2.24. The average molecular weight is 286 g/mol. The van der Waals surface area contributed by atoms with Gasteiger partial charge in [-0.15, -0.1) is 0 Å². The summed E-state index contributed by atoms with van der Waals surface area (Å²) in [6, 6.07) is 11.0. The summed E-state index contributed by atoms with van der Waals surface area (Å²) in [7, 11) is 1.62. The Labute approximate surface area is 123 Å². The molecule has 0 amide bonds. The molecule has 21 heavy (non-hydrogen) atoms. The number of benzene rings is 2. The summed E-state index contributed by atoms with van der Waals surface area (Å²) >= 11 is 0. The molecule has 0 bridgehead atoms. The van der Waals surface area contributed by atoms with Crippen LogP contribution in [0.15, 0.2) is 36.4 Å². The zero-order valence-corrected chi connectivity index (χ0v) is 12.3. The highest BCUT2D eigenvalue weighted by atomic mass is 16.5. The summed E-state index contributed by atoms with van der Waals surface area (Å²) < 4.78 is 11.0. The Kier molecular flexibility index (Phi) is 4.48. The summed E-state index contributed by atoms with van der Waals surface area (Å²) in [6.45, 7) is 3.83. The van der Waals surface area contributed by atoms with Gasteiger partial charge >= 0.3 is 5.97 Å². The number of methoxy groups -OCH3 is 1. The number of ether oxygens (including phenoxy) is 2. The van der Waals surface area contributed by atoms with Gasteiger partial charge < -0.3 is 14.6 Å². The summed E-state index contributed by atoms with van der Waals surface area (Å²) in [5.41, 5.74) is 2.61. The fourth-order valence-corrected chi connectivity index (χ4v) is 2.24. The highest BCUT2D eigenvalue weighted by Gasteiger charge is 2.10. The van der Waals surface area contributed by atoms with Crippen molar-refractivity contribution in [3.05, 3.63) is 53.1 Å². The van der Waals surface area contributed by atoms with Crippen molar-refractivity contribution in [2.45, 2.75) is 20.3 Å². The van der Waals surface area contributed by atoms with Gasteiger partial charge in [0.25, 0.3) is 0 Å². The van der Waals surface area contributed by atoms with Gasteiger partial charge in [-0.3, -0.25) is 4.79 Å². The van der Waals surface area contributed by atoms with Crippen molar-refractivity contribution in [1.29, 1.82) is 0 Å². The third kappa shape index (κ3) is 3.75. The van der Waals surface area contributed by atoms with Crippen LogP contribution in [0.25, 0.3) is 0 Å². The smallest absolute Gasteiger partial charge is 0.307 e. The molecule has 0 unspecified atom stereocenters. The first-order valence-corrected chi connectivity index (χ1v) is 6.63. The van der Waals surface area contributed by atoms with E-state index in [2.05, 4.69) is 0 Å². The van der Waals surface area contributed by atoms with E-state index in [1.54, 1.807) is 7.11 Å². The summed E-state index contributed by atoms with van der Waals surface area (Å²) in [6.07, 6.45) is 0.0183. The third-order valence-corrected chi connectivity index (χ3v) is 3.15. The van der Waals surface area contributed by atoms with Crippen molar-refractivity contribution in [2.24, 2.45) is 0 Å². The predicted molar refractivity (Wildman–Crippen MR) is 80.3 cm³/mol. The second kappa shape index (κ2) is 6.31. The monoisotopic (exact) mass is 286 g/mol. The maximum atomic E-state index is 10.8. The minimum absolute atomic E-state index is 0.0183. The van der Waals surface area contributed by atoms with Crippen LogP contribution >= 0.6 is 0 Å². The molecule has 0 atom stereocenters. The number of carbonyl (C=O) groups is 1. The number of carboxylic acids is 1. The van der Waals surface area contributed by atoms with Crippen molar-refractivity contribution < 1.29 is 19.4 Å². The van der Waals surface area contributed by atoms with Gasteiger partial charge in [-0.05, 0) is 54.8 Å². The second-order valence-electron chi connectivity index (χ2n) is 4.91. The van der Waals surface area contributed by atoms with Crippen LogP contribution in [0.2, 0.25) is 0 Å². The van der Waals surface area contributed by atoms with Gasteiger partial charge in [-0.2, -0.15) is 0 Å². The first-order chi connectivity index (χ1) is 9.99. The standard InChI is InChI=1S/C17H18O4/c1-11-8-13(10-16(18)19)9-12(2)17(11)21-15-6-4-14(20-3)5-7-15/h4-9H,10H2,1-3H3,(H,18,19). The van der Waals surface area contributed by atoms with E-state index in [0.29, 0.717) is 5.75 Å². The molecule has 0 aromatic heterocycles. The van der Waals surface area contributed by atoms with Crippen LogP contribution in [-0.4, -0.2) is 18.2 Å². The molecule has 0 saturated carbocycles. The predicted octanol–water partition coefficient (Wildman–Crippen LogP) is 3.73. The molecule has 4 nitrogen and oxygen atoms in total. The van der Waals surface area contributed by atoms with Crippen molar-refractivity contribution in [2.75, 3.05) is 7.11 Å². The molecule has 0 heterocycles. The minimum atomic E-state index is -0.836. The van der Waals surface area contributed by atoms with Crippen molar-refractivity contribution in [1.82, 2.24) is 0 Å². The number of hydrogen-bond acceptors (Lipinski definition) is 3.